The summed E-state index contributed by atoms with van der Waals surface area (Å²) in [6.07, 6.45) is 1.03. The second-order valence-electron chi connectivity index (χ2n) is 4.87. The first-order valence-electron chi connectivity index (χ1n) is 6.18. The van der Waals surface area contributed by atoms with Crippen LogP contribution >= 0.6 is 0 Å². The lowest BCUT2D eigenvalue weighted by Gasteiger charge is -2.20. The lowest BCUT2D eigenvalue weighted by atomic mass is 10.0. The summed E-state index contributed by atoms with van der Waals surface area (Å²) in [4.78, 5) is 13.8. The molecule has 16 heavy (non-hydrogen) atoms. The van der Waals surface area contributed by atoms with Crippen molar-refractivity contribution in [3.63, 3.8) is 0 Å². The molecule has 4 nitrogen and oxygen atoms in total. The molecule has 4 heteroatoms. The summed E-state index contributed by atoms with van der Waals surface area (Å²) < 4.78 is 5.45. The van der Waals surface area contributed by atoms with E-state index in [1.165, 1.54) is 0 Å². The van der Waals surface area contributed by atoms with Gasteiger partial charge in [0.25, 0.3) is 0 Å². The van der Waals surface area contributed by atoms with E-state index in [2.05, 4.69) is 19.2 Å². The molecule has 0 aromatic heterocycles. The van der Waals surface area contributed by atoms with Crippen LogP contribution in [0.4, 0.5) is 0 Å². The summed E-state index contributed by atoms with van der Waals surface area (Å²) in [6, 6.07) is 0.00817. The summed E-state index contributed by atoms with van der Waals surface area (Å²) in [5, 5.41) is 3.26. The van der Waals surface area contributed by atoms with Crippen LogP contribution in [0.25, 0.3) is 0 Å². The van der Waals surface area contributed by atoms with Crippen molar-refractivity contribution in [1.82, 2.24) is 10.2 Å². The number of nitrogens with zero attached hydrogens (tertiary/aromatic N) is 1. The van der Waals surface area contributed by atoms with E-state index in [9.17, 15) is 4.79 Å². The zero-order chi connectivity index (χ0) is 12.1. The van der Waals surface area contributed by atoms with Crippen molar-refractivity contribution in [3.05, 3.63) is 0 Å². The standard InChI is InChI=1S/C12H24N2O2/c1-5-16-10(4)7-14-8-13-11(12(14)15)6-9(2)3/h9-11,13H,5-8H2,1-4H3. The Bertz CT molecular complexity index is 231. The van der Waals surface area contributed by atoms with E-state index < -0.39 is 0 Å². The fraction of sp³-hybridized carbons (Fsp3) is 0.917. The zero-order valence-electron chi connectivity index (χ0n) is 10.8. The molecular formula is C12H24N2O2. The van der Waals surface area contributed by atoms with Gasteiger partial charge in [-0.1, -0.05) is 13.8 Å². The Morgan fingerprint density at radius 3 is 2.75 bits per heavy atom. The van der Waals surface area contributed by atoms with E-state index in [0.29, 0.717) is 25.7 Å². The van der Waals surface area contributed by atoms with Crippen LogP contribution < -0.4 is 5.32 Å². The number of carbonyl (C=O) groups is 1. The van der Waals surface area contributed by atoms with Crippen molar-refractivity contribution < 1.29 is 9.53 Å². The normalized spacial score (nSPS) is 23.2. The molecule has 0 bridgehead atoms. The molecule has 1 aliphatic heterocycles. The Morgan fingerprint density at radius 2 is 2.19 bits per heavy atom. The molecule has 1 rings (SSSR count). The molecule has 2 unspecified atom stereocenters. The van der Waals surface area contributed by atoms with Crippen molar-refractivity contribution in [2.45, 2.75) is 46.3 Å². The first kappa shape index (κ1) is 13.5. The van der Waals surface area contributed by atoms with Crippen LogP contribution in [0.15, 0.2) is 0 Å². The lowest BCUT2D eigenvalue weighted by Crippen LogP contribution is -2.36. The van der Waals surface area contributed by atoms with Crippen LogP contribution in [-0.4, -0.2) is 42.8 Å². The van der Waals surface area contributed by atoms with Crippen LogP contribution in [0.2, 0.25) is 0 Å². The third kappa shape index (κ3) is 3.76. The maximum Gasteiger partial charge on any atom is 0.240 e. The number of amides is 1. The number of ether oxygens (including phenoxy) is 1. The molecule has 1 N–H and O–H groups in total. The first-order chi connectivity index (χ1) is 7.54. The highest BCUT2D eigenvalue weighted by molar-refractivity contribution is 5.83. The maximum atomic E-state index is 12.0. The average Bonchev–Trinajstić information content (AvgIpc) is 2.50. The number of nitrogens with one attached hydrogen (secondary N) is 1. The van der Waals surface area contributed by atoms with Gasteiger partial charge in [0, 0.05) is 13.2 Å². The highest BCUT2D eigenvalue weighted by Gasteiger charge is 2.31. The van der Waals surface area contributed by atoms with Crippen LogP contribution in [0.5, 0.6) is 0 Å². The van der Waals surface area contributed by atoms with Gasteiger partial charge in [-0.2, -0.15) is 0 Å². The third-order valence-corrected chi connectivity index (χ3v) is 2.77. The molecule has 0 saturated carbocycles. The number of carbonyl (C=O) groups excluding carboxylic acids is 1. The van der Waals surface area contributed by atoms with Gasteiger partial charge in [-0.25, -0.2) is 0 Å². The Labute approximate surface area is 98.3 Å². The minimum Gasteiger partial charge on any atom is -0.377 e. The van der Waals surface area contributed by atoms with Crippen molar-refractivity contribution in [2.24, 2.45) is 5.92 Å². The molecule has 94 valence electrons. The summed E-state index contributed by atoms with van der Waals surface area (Å²) in [6.45, 7) is 10.3. The van der Waals surface area contributed by atoms with Gasteiger partial charge in [0.15, 0.2) is 0 Å². The fourth-order valence-electron chi connectivity index (χ4n) is 2.06. The molecule has 2 atom stereocenters. The van der Waals surface area contributed by atoms with Gasteiger partial charge in [0.1, 0.15) is 0 Å². The van der Waals surface area contributed by atoms with Gasteiger partial charge in [-0.15, -0.1) is 0 Å². The van der Waals surface area contributed by atoms with Crippen molar-refractivity contribution in [2.75, 3.05) is 19.8 Å². The molecule has 1 saturated heterocycles. The summed E-state index contributed by atoms with van der Waals surface area (Å²) in [7, 11) is 0. The van der Waals surface area contributed by atoms with E-state index >= 15 is 0 Å². The van der Waals surface area contributed by atoms with E-state index in [4.69, 9.17) is 4.74 Å². The van der Waals surface area contributed by atoms with E-state index in [1.807, 2.05) is 18.7 Å². The zero-order valence-corrected chi connectivity index (χ0v) is 10.8. The summed E-state index contributed by atoms with van der Waals surface area (Å²) in [5.74, 6) is 0.769. The Kier molecular flexibility index (Phi) is 5.22. The lowest BCUT2D eigenvalue weighted by molar-refractivity contribution is -0.130. The van der Waals surface area contributed by atoms with Gasteiger partial charge >= 0.3 is 0 Å². The topological polar surface area (TPSA) is 41.6 Å². The molecule has 0 aliphatic carbocycles. The quantitative estimate of drug-likeness (QED) is 0.743. The second-order valence-corrected chi connectivity index (χ2v) is 4.87. The molecule has 1 heterocycles. The second kappa shape index (κ2) is 6.21. The Balaban J connectivity index is 2.38. The fourth-order valence-corrected chi connectivity index (χ4v) is 2.06. The van der Waals surface area contributed by atoms with Crippen LogP contribution in [0, 0.1) is 5.92 Å². The van der Waals surface area contributed by atoms with Gasteiger partial charge in [-0.3, -0.25) is 10.1 Å². The largest absolute Gasteiger partial charge is 0.377 e. The van der Waals surface area contributed by atoms with Crippen LogP contribution in [0.3, 0.4) is 0 Å². The minimum atomic E-state index is 0.00817. The summed E-state index contributed by atoms with van der Waals surface area (Å²) >= 11 is 0. The number of hydrogen-bond acceptors (Lipinski definition) is 3. The van der Waals surface area contributed by atoms with Gasteiger partial charge in [0.05, 0.1) is 18.8 Å². The molecule has 0 radical (unpaired) electrons. The monoisotopic (exact) mass is 228 g/mol. The Hall–Kier alpha value is -0.610. The van der Waals surface area contributed by atoms with Crippen LogP contribution in [-0.2, 0) is 9.53 Å². The molecule has 0 spiro atoms. The molecule has 0 aromatic carbocycles. The number of rotatable bonds is 6. The van der Waals surface area contributed by atoms with E-state index in [-0.39, 0.29) is 18.1 Å². The molecule has 1 amide bonds. The highest BCUT2D eigenvalue weighted by atomic mass is 16.5. The predicted octanol–water partition coefficient (Wildman–Crippen LogP) is 1.22. The molecular weight excluding hydrogens is 204 g/mol. The molecule has 0 aromatic rings. The van der Waals surface area contributed by atoms with E-state index in [1.54, 1.807) is 0 Å². The smallest absolute Gasteiger partial charge is 0.240 e. The summed E-state index contributed by atoms with van der Waals surface area (Å²) in [5.41, 5.74) is 0. The third-order valence-electron chi connectivity index (χ3n) is 2.77. The van der Waals surface area contributed by atoms with Gasteiger partial charge < -0.3 is 9.64 Å². The average molecular weight is 228 g/mol. The number of hydrogen-bond donors (Lipinski definition) is 1. The van der Waals surface area contributed by atoms with Crippen molar-refractivity contribution in [1.29, 1.82) is 0 Å². The van der Waals surface area contributed by atoms with Crippen molar-refractivity contribution in [3.8, 4) is 0 Å². The van der Waals surface area contributed by atoms with Gasteiger partial charge in [-0.05, 0) is 26.2 Å². The van der Waals surface area contributed by atoms with Gasteiger partial charge in [0.2, 0.25) is 5.91 Å². The Morgan fingerprint density at radius 1 is 1.50 bits per heavy atom. The SMILES string of the molecule is CCOC(C)CN1CNC(CC(C)C)C1=O. The molecule has 1 aliphatic rings. The van der Waals surface area contributed by atoms with E-state index in [0.717, 1.165) is 6.42 Å². The predicted molar refractivity (Wildman–Crippen MR) is 64.0 cm³/mol. The maximum absolute atomic E-state index is 12.0. The first-order valence-corrected chi connectivity index (χ1v) is 6.18. The molecule has 1 fully saturated rings. The minimum absolute atomic E-state index is 0.00817. The highest BCUT2D eigenvalue weighted by Crippen LogP contribution is 2.13. The van der Waals surface area contributed by atoms with Crippen LogP contribution in [0.1, 0.15) is 34.1 Å². The van der Waals surface area contributed by atoms with Crippen molar-refractivity contribution >= 4 is 5.91 Å².